The molecule has 0 fully saturated rings. The van der Waals surface area contributed by atoms with Crippen molar-refractivity contribution in [3.63, 3.8) is 0 Å². The minimum atomic E-state index is 0.598. The van der Waals surface area contributed by atoms with Gasteiger partial charge in [-0.2, -0.15) is 0 Å². The van der Waals surface area contributed by atoms with E-state index in [1.807, 2.05) is 36.4 Å². The van der Waals surface area contributed by atoms with Gasteiger partial charge in [0.05, 0.1) is 12.7 Å². The second-order valence-corrected chi connectivity index (χ2v) is 3.86. The van der Waals surface area contributed by atoms with Crippen molar-refractivity contribution in [2.75, 3.05) is 7.11 Å². The Bertz CT molecular complexity index is 504. The third-order valence-electron chi connectivity index (χ3n) is 2.67. The average molecular weight is 226 g/mol. The summed E-state index contributed by atoms with van der Waals surface area (Å²) in [7, 11) is 1.57. The lowest BCUT2D eigenvalue weighted by molar-refractivity contribution is 0.112. The van der Waals surface area contributed by atoms with Crippen molar-refractivity contribution in [1.82, 2.24) is 0 Å². The van der Waals surface area contributed by atoms with E-state index < -0.39 is 0 Å². The molecular formula is C15H14O2. The van der Waals surface area contributed by atoms with E-state index in [4.69, 9.17) is 4.74 Å². The number of ether oxygens (including phenoxy) is 1. The fourth-order valence-corrected chi connectivity index (χ4v) is 1.82. The number of methoxy groups -OCH3 is 1. The van der Waals surface area contributed by atoms with Gasteiger partial charge in [0.25, 0.3) is 0 Å². The van der Waals surface area contributed by atoms with Gasteiger partial charge < -0.3 is 4.74 Å². The summed E-state index contributed by atoms with van der Waals surface area (Å²) < 4.78 is 5.11. The normalized spacial score (nSPS) is 9.94. The molecule has 2 aromatic carbocycles. The van der Waals surface area contributed by atoms with Gasteiger partial charge in [-0.1, -0.05) is 36.4 Å². The summed E-state index contributed by atoms with van der Waals surface area (Å²) in [5.41, 5.74) is 2.94. The first-order chi connectivity index (χ1) is 8.33. The quantitative estimate of drug-likeness (QED) is 0.749. The van der Waals surface area contributed by atoms with E-state index in [9.17, 15) is 4.79 Å². The Morgan fingerprint density at radius 2 is 1.82 bits per heavy atom. The number of benzene rings is 2. The topological polar surface area (TPSA) is 26.3 Å². The highest BCUT2D eigenvalue weighted by Gasteiger charge is 2.03. The van der Waals surface area contributed by atoms with Gasteiger partial charge in [0.2, 0.25) is 0 Å². The van der Waals surface area contributed by atoms with Crippen LogP contribution in [0.5, 0.6) is 5.75 Å². The van der Waals surface area contributed by atoms with Gasteiger partial charge in [-0.05, 0) is 29.7 Å². The Kier molecular flexibility index (Phi) is 3.55. The van der Waals surface area contributed by atoms with E-state index in [0.29, 0.717) is 11.3 Å². The highest BCUT2D eigenvalue weighted by Crippen LogP contribution is 2.19. The Morgan fingerprint density at radius 3 is 2.47 bits per heavy atom. The lowest BCUT2D eigenvalue weighted by atomic mass is 10.0. The van der Waals surface area contributed by atoms with Crippen molar-refractivity contribution >= 4 is 6.29 Å². The van der Waals surface area contributed by atoms with Gasteiger partial charge in [0.1, 0.15) is 5.75 Å². The van der Waals surface area contributed by atoms with Crippen molar-refractivity contribution in [3.8, 4) is 5.75 Å². The van der Waals surface area contributed by atoms with Crippen LogP contribution in [-0.2, 0) is 6.42 Å². The minimum absolute atomic E-state index is 0.598. The van der Waals surface area contributed by atoms with Crippen LogP contribution in [0.3, 0.4) is 0 Å². The number of aldehydes is 1. The summed E-state index contributed by atoms with van der Waals surface area (Å²) in [5, 5.41) is 0. The molecule has 2 rings (SSSR count). The van der Waals surface area contributed by atoms with Crippen LogP contribution in [-0.4, -0.2) is 13.4 Å². The summed E-state index contributed by atoms with van der Waals surface area (Å²) in [5.74, 6) is 0.622. The fraction of sp³-hybridized carbons (Fsp3) is 0.133. The molecule has 2 aromatic rings. The third kappa shape index (κ3) is 2.72. The van der Waals surface area contributed by atoms with Gasteiger partial charge >= 0.3 is 0 Å². The summed E-state index contributed by atoms with van der Waals surface area (Å²) in [6.45, 7) is 0. The van der Waals surface area contributed by atoms with Crippen LogP contribution < -0.4 is 4.74 Å². The zero-order valence-corrected chi connectivity index (χ0v) is 9.72. The minimum Gasteiger partial charge on any atom is -0.496 e. The lowest BCUT2D eigenvalue weighted by Crippen LogP contribution is -1.94. The molecule has 2 heteroatoms. The van der Waals surface area contributed by atoms with E-state index >= 15 is 0 Å². The van der Waals surface area contributed by atoms with Crippen molar-refractivity contribution in [2.45, 2.75) is 6.42 Å². The van der Waals surface area contributed by atoms with Crippen molar-refractivity contribution in [3.05, 3.63) is 65.2 Å². The Labute approximate surface area is 101 Å². The maximum atomic E-state index is 10.9. The largest absolute Gasteiger partial charge is 0.496 e. The van der Waals surface area contributed by atoms with Crippen LogP contribution >= 0.6 is 0 Å². The molecule has 86 valence electrons. The van der Waals surface area contributed by atoms with E-state index in [1.165, 1.54) is 5.56 Å². The van der Waals surface area contributed by atoms with Crippen LogP contribution in [0.2, 0.25) is 0 Å². The van der Waals surface area contributed by atoms with E-state index in [1.54, 1.807) is 7.11 Å². The van der Waals surface area contributed by atoms with Gasteiger partial charge in [0, 0.05) is 0 Å². The summed E-state index contributed by atoms with van der Waals surface area (Å²) >= 11 is 0. The first kappa shape index (κ1) is 11.4. The maximum absolute atomic E-state index is 10.9. The second-order valence-electron chi connectivity index (χ2n) is 3.86. The monoisotopic (exact) mass is 226 g/mol. The molecule has 0 amide bonds. The van der Waals surface area contributed by atoms with Gasteiger partial charge in [0.15, 0.2) is 6.29 Å². The molecule has 2 nitrogen and oxygen atoms in total. The van der Waals surface area contributed by atoms with Gasteiger partial charge in [-0.25, -0.2) is 0 Å². The molecule has 0 atom stereocenters. The Hall–Kier alpha value is -2.09. The lowest BCUT2D eigenvalue weighted by Gasteiger charge is -2.06. The maximum Gasteiger partial charge on any atom is 0.153 e. The Balaban J connectivity index is 2.25. The number of carbonyl (C=O) groups excluding carboxylic acids is 1. The fourth-order valence-electron chi connectivity index (χ4n) is 1.82. The molecule has 0 heterocycles. The molecule has 0 aliphatic carbocycles. The molecule has 0 N–H and O–H groups in total. The zero-order chi connectivity index (χ0) is 12.1. The first-order valence-electron chi connectivity index (χ1n) is 5.49. The smallest absolute Gasteiger partial charge is 0.153 e. The predicted molar refractivity (Wildman–Crippen MR) is 67.6 cm³/mol. The van der Waals surface area contributed by atoms with Crippen molar-refractivity contribution in [2.24, 2.45) is 0 Å². The second kappa shape index (κ2) is 5.30. The molecule has 0 aromatic heterocycles. The molecule has 0 saturated carbocycles. The molecule has 0 unspecified atom stereocenters. The summed E-state index contributed by atoms with van der Waals surface area (Å²) in [4.78, 5) is 10.9. The van der Waals surface area contributed by atoms with Crippen LogP contribution in [0, 0.1) is 0 Å². The van der Waals surface area contributed by atoms with Gasteiger partial charge in [-0.3, -0.25) is 4.79 Å². The standard InChI is InChI=1S/C15H14O2/c1-17-15-8-7-13(10-14(15)11-16)9-12-5-3-2-4-6-12/h2-8,10-11H,9H2,1H3. The molecule has 0 spiro atoms. The predicted octanol–water partition coefficient (Wildman–Crippen LogP) is 3.10. The SMILES string of the molecule is COc1ccc(Cc2ccccc2)cc1C=O. The number of carbonyl (C=O) groups is 1. The van der Waals surface area contributed by atoms with E-state index in [-0.39, 0.29) is 0 Å². The van der Waals surface area contributed by atoms with Crippen molar-refractivity contribution < 1.29 is 9.53 Å². The number of hydrogen-bond donors (Lipinski definition) is 0. The van der Waals surface area contributed by atoms with Gasteiger partial charge in [-0.15, -0.1) is 0 Å². The van der Waals surface area contributed by atoms with Crippen LogP contribution in [0.25, 0.3) is 0 Å². The average Bonchev–Trinajstić information content (AvgIpc) is 2.40. The molecule has 0 aliphatic rings. The van der Waals surface area contributed by atoms with Crippen molar-refractivity contribution in [1.29, 1.82) is 0 Å². The molecule has 0 saturated heterocycles. The molecule has 0 bridgehead atoms. The first-order valence-corrected chi connectivity index (χ1v) is 5.49. The number of hydrogen-bond acceptors (Lipinski definition) is 2. The van der Waals surface area contributed by atoms with E-state index in [2.05, 4.69) is 12.1 Å². The molecule has 0 radical (unpaired) electrons. The zero-order valence-electron chi connectivity index (χ0n) is 9.72. The molecule has 17 heavy (non-hydrogen) atoms. The summed E-state index contributed by atoms with van der Waals surface area (Å²) in [6, 6.07) is 15.9. The highest BCUT2D eigenvalue weighted by atomic mass is 16.5. The number of rotatable bonds is 4. The van der Waals surface area contributed by atoms with E-state index in [0.717, 1.165) is 18.3 Å². The molecule has 0 aliphatic heterocycles. The van der Waals surface area contributed by atoms with Crippen LogP contribution in [0.4, 0.5) is 0 Å². The van der Waals surface area contributed by atoms with Crippen LogP contribution in [0.15, 0.2) is 48.5 Å². The Morgan fingerprint density at radius 1 is 1.06 bits per heavy atom. The third-order valence-corrected chi connectivity index (χ3v) is 2.67. The highest BCUT2D eigenvalue weighted by molar-refractivity contribution is 5.79. The van der Waals surface area contributed by atoms with Crippen LogP contribution in [0.1, 0.15) is 21.5 Å². The molecular weight excluding hydrogens is 212 g/mol. The summed E-state index contributed by atoms with van der Waals surface area (Å²) in [6.07, 6.45) is 1.65.